The van der Waals surface area contributed by atoms with Gasteiger partial charge in [-0.3, -0.25) is 4.79 Å². The molecule has 1 atom stereocenters. The molecule has 0 aliphatic rings. The number of carboxylic acids is 1. The van der Waals surface area contributed by atoms with Crippen molar-refractivity contribution in [3.05, 3.63) is 12.2 Å². The van der Waals surface area contributed by atoms with Crippen LogP contribution in [0, 0.1) is 5.92 Å². The highest BCUT2D eigenvalue weighted by Crippen LogP contribution is 2.10. The second kappa shape index (κ2) is 4.79. The van der Waals surface area contributed by atoms with Crippen LogP contribution in [-0.2, 0) is 4.79 Å². The maximum atomic E-state index is 11.8. The topological polar surface area (TPSA) is 63.3 Å². The van der Waals surface area contributed by atoms with Gasteiger partial charge >= 0.3 is 5.97 Å². The fourth-order valence-corrected chi connectivity index (χ4v) is 0.499. The van der Waals surface area contributed by atoms with E-state index in [-0.39, 0.29) is 6.54 Å². The van der Waals surface area contributed by atoms with Gasteiger partial charge in [-0.1, -0.05) is 12.2 Å². The summed E-state index contributed by atoms with van der Waals surface area (Å²) in [6.07, 6.45) is -0.784. The molecule has 0 saturated heterocycles. The van der Waals surface area contributed by atoms with Gasteiger partial charge in [-0.05, 0) is 0 Å². The molecule has 0 saturated carbocycles. The maximum absolute atomic E-state index is 11.8. The summed E-state index contributed by atoms with van der Waals surface area (Å²) in [7, 11) is 0. The van der Waals surface area contributed by atoms with E-state index in [1.54, 1.807) is 0 Å². The minimum atomic E-state index is -2.88. The molecule has 0 aromatic heterocycles. The van der Waals surface area contributed by atoms with Crippen LogP contribution >= 0.6 is 0 Å². The fourth-order valence-electron chi connectivity index (χ4n) is 0.499. The molecule has 0 heterocycles. The summed E-state index contributed by atoms with van der Waals surface area (Å²) in [5, 5.41) is 8.20. The van der Waals surface area contributed by atoms with Crippen molar-refractivity contribution in [1.82, 2.24) is 0 Å². The molecule has 0 aromatic rings. The zero-order chi connectivity index (χ0) is 8.85. The average molecular weight is 165 g/mol. The summed E-state index contributed by atoms with van der Waals surface area (Å²) in [4.78, 5) is 10.1. The van der Waals surface area contributed by atoms with Gasteiger partial charge in [0.25, 0.3) is 6.43 Å². The molecule has 5 heteroatoms. The first-order valence-corrected chi connectivity index (χ1v) is 2.97. The molecule has 1 unspecified atom stereocenters. The Hall–Kier alpha value is -0.970. The van der Waals surface area contributed by atoms with Gasteiger partial charge in [0.2, 0.25) is 0 Å². The van der Waals surface area contributed by atoms with Crippen molar-refractivity contribution < 1.29 is 18.7 Å². The largest absolute Gasteiger partial charge is 0.481 e. The van der Waals surface area contributed by atoms with E-state index in [9.17, 15) is 13.6 Å². The van der Waals surface area contributed by atoms with Gasteiger partial charge in [0, 0.05) is 6.54 Å². The number of hydrogen-bond acceptors (Lipinski definition) is 2. The molecule has 3 N–H and O–H groups in total. The van der Waals surface area contributed by atoms with Crippen LogP contribution in [0.25, 0.3) is 0 Å². The number of alkyl halides is 2. The van der Waals surface area contributed by atoms with Crippen molar-refractivity contribution in [2.45, 2.75) is 6.43 Å². The number of carboxylic acid groups (broad SMARTS) is 1. The van der Waals surface area contributed by atoms with Crippen molar-refractivity contribution in [3.8, 4) is 0 Å². The lowest BCUT2D eigenvalue weighted by atomic mass is 10.1. The zero-order valence-corrected chi connectivity index (χ0v) is 5.71. The van der Waals surface area contributed by atoms with Crippen molar-refractivity contribution >= 4 is 5.97 Å². The normalized spacial score (nSPS) is 14.2. The Kier molecular flexibility index (Phi) is 4.36. The van der Waals surface area contributed by atoms with Crippen LogP contribution in [0.15, 0.2) is 12.2 Å². The fraction of sp³-hybridized carbons (Fsp3) is 0.500. The first kappa shape index (κ1) is 10.0. The summed E-state index contributed by atoms with van der Waals surface area (Å²) in [6, 6.07) is 0. The number of hydrogen-bond donors (Lipinski definition) is 2. The Morgan fingerprint density at radius 2 is 2.18 bits per heavy atom. The summed E-state index contributed by atoms with van der Waals surface area (Å²) in [6.45, 7) is 0.0660. The Morgan fingerprint density at radius 1 is 1.64 bits per heavy atom. The van der Waals surface area contributed by atoms with E-state index in [4.69, 9.17) is 10.8 Å². The van der Waals surface area contributed by atoms with Crippen LogP contribution in [-0.4, -0.2) is 24.0 Å². The third kappa shape index (κ3) is 3.67. The molecule has 3 nitrogen and oxygen atoms in total. The van der Waals surface area contributed by atoms with E-state index in [2.05, 4.69) is 0 Å². The second-order valence-electron chi connectivity index (χ2n) is 1.86. The number of rotatable bonds is 4. The molecular weight excluding hydrogens is 156 g/mol. The average Bonchev–Trinajstić information content (AvgIpc) is 1.87. The van der Waals surface area contributed by atoms with Crippen molar-refractivity contribution in [3.63, 3.8) is 0 Å². The molecule has 0 aromatic carbocycles. The molecule has 0 aliphatic carbocycles. The molecule has 0 amide bonds. The van der Waals surface area contributed by atoms with Crippen LogP contribution in [0.4, 0.5) is 8.78 Å². The molecule has 64 valence electrons. The minimum Gasteiger partial charge on any atom is -0.481 e. The van der Waals surface area contributed by atoms with Gasteiger partial charge in [-0.25, -0.2) is 8.78 Å². The molecule has 11 heavy (non-hydrogen) atoms. The van der Waals surface area contributed by atoms with Gasteiger partial charge in [0.1, 0.15) is 5.92 Å². The predicted molar refractivity (Wildman–Crippen MR) is 35.3 cm³/mol. The standard InChI is InChI=1S/C6H9F2NO2/c7-5(8)4(6(10)11)2-1-3-9/h1-2,4-5H,3,9H2,(H,10,11)/b2-1+. The van der Waals surface area contributed by atoms with Gasteiger partial charge in [0.05, 0.1) is 0 Å². The number of aliphatic carboxylic acids is 1. The highest BCUT2D eigenvalue weighted by molar-refractivity contribution is 5.72. The highest BCUT2D eigenvalue weighted by Gasteiger charge is 2.24. The Bertz CT molecular complexity index is 159. The molecular formula is C6H9F2NO2. The van der Waals surface area contributed by atoms with Crippen molar-refractivity contribution in [1.29, 1.82) is 0 Å². The van der Waals surface area contributed by atoms with E-state index in [1.165, 1.54) is 6.08 Å². The summed E-state index contributed by atoms with van der Waals surface area (Å²) < 4.78 is 23.6. The van der Waals surface area contributed by atoms with E-state index in [0.717, 1.165) is 6.08 Å². The van der Waals surface area contributed by atoms with Crippen LogP contribution in [0.3, 0.4) is 0 Å². The lowest BCUT2D eigenvalue weighted by Crippen LogP contribution is -2.19. The van der Waals surface area contributed by atoms with Gasteiger partial charge in [0.15, 0.2) is 0 Å². The zero-order valence-electron chi connectivity index (χ0n) is 5.71. The second-order valence-corrected chi connectivity index (χ2v) is 1.86. The van der Waals surface area contributed by atoms with Crippen LogP contribution in [0.5, 0.6) is 0 Å². The van der Waals surface area contributed by atoms with E-state index in [0.29, 0.717) is 0 Å². The van der Waals surface area contributed by atoms with E-state index < -0.39 is 18.3 Å². The third-order valence-corrected chi connectivity index (χ3v) is 1.04. The molecule has 0 bridgehead atoms. The molecule has 0 rings (SSSR count). The van der Waals surface area contributed by atoms with Gasteiger partial charge < -0.3 is 10.8 Å². The summed E-state index contributed by atoms with van der Waals surface area (Å²) >= 11 is 0. The maximum Gasteiger partial charge on any atom is 0.316 e. The Labute approximate surface area is 62.5 Å². The number of nitrogens with two attached hydrogens (primary N) is 1. The quantitative estimate of drug-likeness (QED) is 0.595. The van der Waals surface area contributed by atoms with Crippen LogP contribution in [0.2, 0.25) is 0 Å². The van der Waals surface area contributed by atoms with Crippen molar-refractivity contribution in [2.75, 3.05) is 6.54 Å². The van der Waals surface area contributed by atoms with Crippen molar-refractivity contribution in [2.24, 2.45) is 11.7 Å². The summed E-state index contributed by atoms with van der Waals surface area (Å²) in [5.74, 6) is -3.27. The lowest BCUT2D eigenvalue weighted by Gasteiger charge is -2.03. The molecule has 0 spiro atoms. The number of carbonyl (C=O) groups is 1. The molecule has 0 aliphatic heterocycles. The van der Waals surface area contributed by atoms with E-state index >= 15 is 0 Å². The number of halogens is 2. The van der Waals surface area contributed by atoms with Gasteiger partial charge in [-0.15, -0.1) is 0 Å². The first-order valence-electron chi connectivity index (χ1n) is 2.97. The third-order valence-electron chi connectivity index (χ3n) is 1.04. The van der Waals surface area contributed by atoms with E-state index in [1.807, 2.05) is 0 Å². The van der Waals surface area contributed by atoms with Crippen LogP contribution < -0.4 is 5.73 Å². The predicted octanol–water partition coefficient (Wildman–Crippen LogP) is 0.467. The smallest absolute Gasteiger partial charge is 0.316 e. The highest BCUT2D eigenvalue weighted by atomic mass is 19.3. The SMILES string of the molecule is NC/C=C/C(C(=O)O)C(F)F. The Morgan fingerprint density at radius 3 is 2.45 bits per heavy atom. The minimum absolute atomic E-state index is 0.0660. The lowest BCUT2D eigenvalue weighted by molar-refractivity contribution is -0.144. The molecule has 0 fully saturated rings. The summed E-state index contributed by atoms with van der Waals surface area (Å²) in [5.41, 5.74) is 4.95. The van der Waals surface area contributed by atoms with Gasteiger partial charge in [-0.2, -0.15) is 0 Å². The first-order chi connectivity index (χ1) is 5.09. The molecule has 0 radical (unpaired) electrons. The van der Waals surface area contributed by atoms with Crippen LogP contribution in [0.1, 0.15) is 0 Å². The Balaban J connectivity index is 4.11. The monoisotopic (exact) mass is 165 g/mol.